The third-order valence-corrected chi connectivity index (χ3v) is 6.20. The second-order valence-corrected chi connectivity index (χ2v) is 9.10. The summed E-state index contributed by atoms with van der Waals surface area (Å²) in [6, 6.07) is 14.9. The molecule has 1 heterocycles. The number of piperidine rings is 1. The number of methoxy groups -OCH3 is 1. The Morgan fingerprint density at radius 1 is 1.12 bits per heavy atom. The van der Waals surface area contributed by atoms with Crippen LogP contribution in [0.25, 0.3) is 0 Å². The average Bonchev–Trinajstić information content (AvgIpc) is 2.79. The maximum Gasteiger partial charge on any atom is 0.220 e. The van der Waals surface area contributed by atoms with Crippen LogP contribution in [0.5, 0.6) is 11.5 Å². The normalized spacial score (nSPS) is 15.0. The van der Waals surface area contributed by atoms with Gasteiger partial charge in [-0.15, -0.1) is 0 Å². The molecule has 2 aromatic rings. The molecular weight excluding hydrogens is 400 g/mol. The molecule has 5 heteroatoms. The van der Waals surface area contributed by atoms with Crippen LogP contribution in [-0.4, -0.2) is 43.7 Å². The molecule has 3 rings (SSSR count). The van der Waals surface area contributed by atoms with E-state index in [1.165, 1.54) is 11.1 Å². The first kappa shape index (κ1) is 24.1. The van der Waals surface area contributed by atoms with Gasteiger partial charge in [0.2, 0.25) is 5.91 Å². The highest BCUT2D eigenvalue weighted by Crippen LogP contribution is 2.24. The van der Waals surface area contributed by atoms with Crippen molar-refractivity contribution in [1.29, 1.82) is 0 Å². The lowest BCUT2D eigenvalue weighted by Gasteiger charge is -2.32. The summed E-state index contributed by atoms with van der Waals surface area (Å²) in [7, 11) is 1.69. The molecule has 2 aromatic carbocycles. The number of carbonyl (C=O) groups is 1. The summed E-state index contributed by atoms with van der Waals surface area (Å²) in [5, 5.41) is 3.21. The Hall–Kier alpha value is -2.53. The quantitative estimate of drug-likeness (QED) is 0.527. The predicted molar refractivity (Wildman–Crippen MR) is 129 cm³/mol. The van der Waals surface area contributed by atoms with E-state index in [4.69, 9.17) is 9.47 Å². The fourth-order valence-electron chi connectivity index (χ4n) is 4.07. The van der Waals surface area contributed by atoms with Gasteiger partial charge in [-0.1, -0.05) is 38.1 Å². The van der Waals surface area contributed by atoms with Gasteiger partial charge in [0.15, 0.2) is 0 Å². The maximum atomic E-state index is 12.4. The molecule has 5 nitrogen and oxygen atoms in total. The Kier molecular flexibility index (Phi) is 8.98. The van der Waals surface area contributed by atoms with Crippen molar-refractivity contribution in [3.05, 3.63) is 59.2 Å². The predicted octanol–water partition coefficient (Wildman–Crippen LogP) is 5.07. The third-order valence-electron chi connectivity index (χ3n) is 6.20. The number of hydrogen-bond acceptors (Lipinski definition) is 4. The number of rotatable bonds is 10. The zero-order valence-electron chi connectivity index (χ0n) is 20.0. The molecule has 0 saturated carbocycles. The topological polar surface area (TPSA) is 50.8 Å². The first-order valence-electron chi connectivity index (χ1n) is 11.8. The fourth-order valence-corrected chi connectivity index (χ4v) is 4.07. The van der Waals surface area contributed by atoms with Gasteiger partial charge in [-0.05, 0) is 67.0 Å². The molecule has 0 radical (unpaired) electrons. The van der Waals surface area contributed by atoms with Crippen molar-refractivity contribution in [3.8, 4) is 11.5 Å². The van der Waals surface area contributed by atoms with E-state index < -0.39 is 0 Å². The molecule has 1 aliphatic heterocycles. The number of nitrogens with zero attached hydrogens (tertiary/aromatic N) is 1. The van der Waals surface area contributed by atoms with E-state index in [0.29, 0.717) is 18.9 Å². The first-order valence-corrected chi connectivity index (χ1v) is 11.8. The van der Waals surface area contributed by atoms with Crippen LogP contribution in [0.3, 0.4) is 0 Å². The summed E-state index contributed by atoms with van der Waals surface area (Å²) in [5.41, 5.74) is 3.71. The van der Waals surface area contributed by atoms with E-state index in [1.54, 1.807) is 7.11 Å². The third kappa shape index (κ3) is 7.27. The Morgan fingerprint density at radius 2 is 1.84 bits per heavy atom. The lowest BCUT2D eigenvalue weighted by Crippen LogP contribution is -2.44. The van der Waals surface area contributed by atoms with Gasteiger partial charge < -0.3 is 14.8 Å². The second-order valence-electron chi connectivity index (χ2n) is 9.10. The number of likely N-dealkylation sites (tertiary alicyclic amines) is 1. The molecule has 0 aromatic heterocycles. The standard InChI is InChI=1S/C27H38N2O3/c1-20(2)23-10-7-21(3)26(18-23)32-17-5-6-27(30)28-24-13-15-29(16-14-24)19-22-8-11-25(31-4)12-9-22/h7-12,18,20,24H,5-6,13-17,19H2,1-4H3,(H,28,30). The van der Waals surface area contributed by atoms with Crippen LogP contribution in [0, 0.1) is 6.92 Å². The number of aryl methyl sites for hydroxylation is 1. The monoisotopic (exact) mass is 438 g/mol. The number of amides is 1. The summed E-state index contributed by atoms with van der Waals surface area (Å²) in [6.45, 7) is 9.95. The molecule has 174 valence electrons. The van der Waals surface area contributed by atoms with Gasteiger partial charge in [0, 0.05) is 32.1 Å². The number of ether oxygens (including phenoxy) is 2. The molecule has 0 spiro atoms. The molecule has 1 N–H and O–H groups in total. The van der Waals surface area contributed by atoms with Gasteiger partial charge >= 0.3 is 0 Å². The number of carbonyl (C=O) groups excluding carboxylic acids is 1. The molecule has 0 aliphatic carbocycles. The average molecular weight is 439 g/mol. The maximum absolute atomic E-state index is 12.4. The molecule has 1 amide bonds. The SMILES string of the molecule is COc1ccc(CN2CCC(NC(=O)CCCOc3cc(C(C)C)ccc3C)CC2)cc1. The summed E-state index contributed by atoms with van der Waals surface area (Å²) < 4.78 is 11.2. The van der Waals surface area contributed by atoms with Gasteiger partial charge in [0.1, 0.15) is 11.5 Å². The number of benzene rings is 2. The summed E-state index contributed by atoms with van der Waals surface area (Å²) in [6.07, 6.45) is 3.24. The largest absolute Gasteiger partial charge is 0.497 e. The lowest BCUT2D eigenvalue weighted by molar-refractivity contribution is -0.122. The van der Waals surface area contributed by atoms with Crippen LogP contribution in [0.2, 0.25) is 0 Å². The Balaban J connectivity index is 1.32. The van der Waals surface area contributed by atoms with Crippen LogP contribution in [0.1, 0.15) is 62.1 Å². The molecule has 0 unspecified atom stereocenters. The van der Waals surface area contributed by atoms with Crippen molar-refractivity contribution in [2.75, 3.05) is 26.8 Å². The molecule has 0 atom stereocenters. The van der Waals surface area contributed by atoms with E-state index >= 15 is 0 Å². The van der Waals surface area contributed by atoms with Gasteiger partial charge in [0.25, 0.3) is 0 Å². The molecule has 0 bridgehead atoms. The number of nitrogens with one attached hydrogen (secondary N) is 1. The van der Waals surface area contributed by atoms with E-state index in [9.17, 15) is 4.79 Å². The van der Waals surface area contributed by atoms with E-state index in [-0.39, 0.29) is 11.9 Å². The molecule has 32 heavy (non-hydrogen) atoms. The molecule has 1 fully saturated rings. The van der Waals surface area contributed by atoms with E-state index in [1.807, 2.05) is 12.1 Å². The summed E-state index contributed by atoms with van der Waals surface area (Å²) in [4.78, 5) is 14.8. The van der Waals surface area contributed by atoms with Gasteiger partial charge in [-0.2, -0.15) is 0 Å². The van der Waals surface area contributed by atoms with Crippen molar-refractivity contribution in [2.24, 2.45) is 0 Å². The second kappa shape index (κ2) is 11.9. The van der Waals surface area contributed by atoms with Crippen LogP contribution in [0.15, 0.2) is 42.5 Å². The van der Waals surface area contributed by atoms with Gasteiger partial charge in [-0.3, -0.25) is 9.69 Å². The first-order chi connectivity index (χ1) is 15.4. The highest BCUT2D eigenvalue weighted by Gasteiger charge is 2.20. The zero-order valence-corrected chi connectivity index (χ0v) is 20.0. The molecule has 1 saturated heterocycles. The van der Waals surface area contributed by atoms with Crippen LogP contribution >= 0.6 is 0 Å². The van der Waals surface area contributed by atoms with Crippen molar-refractivity contribution in [1.82, 2.24) is 10.2 Å². The lowest BCUT2D eigenvalue weighted by atomic mass is 10.0. The summed E-state index contributed by atoms with van der Waals surface area (Å²) in [5.74, 6) is 2.43. The minimum absolute atomic E-state index is 0.134. The van der Waals surface area contributed by atoms with Gasteiger partial charge in [-0.25, -0.2) is 0 Å². The van der Waals surface area contributed by atoms with Crippen LogP contribution in [-0.2, 0) is 11.3 Å². The molecule has 1 aliphatic rings. The fraction of sp³-hybridized carbons (Fsp3) is 0.519. The number of hydrogen-bond donors (Lipinski definition) is 1. The van der Waals surface area contributed by atoms with E-state index in [0.717, 1.165) is 56.0 Å². The van der Waals surface area contributed by atoms with Crippen LogP contribution in [0.4, 0.5) is 0 Å². The van der Waals surface area contributed by atoms with Crippen LogP contribution < -0.4 is 14.8 Å². The van der Waals surface area contributed by atoms with Crippen molar-refractivity contribution in [3.63, 3.8) is 0 Å². The van der Waals surface area contributed by atoms with Crippen molar-refractivity contribution in [2.45, 2.75) is 65.0 Å². The van der Waals surface area contributed by atoms with Crippen molar-refractivity contribution >= 4 is 5.91 Å². The minimum atomic E-state index is 0.134. The zero-order chi connectivity index (χ0) is 22.9. The minimum Gasteiger partial charge on any atom is -0.497 e. The van der Waals surface area contributed by atoms with Gasteiger partial charge in [0.05, 0.1) is 13.7 Å². The Morgan fingerprint density at radius 3 is 2.50 bits per heavy atom. The Labute approximate surface area is 193 Å². The van der Waals surface area contributed by atoms with E-state index in [2.05, 4.69) is 61.3 Å². The molecular formula is C27H38N2O3. The smallest absolute Gasteiger partial charge is 0.220 e. The highest BCUT2D eigenvalue weighted by molar-refractivity contribution is 5.76. The highest BCUT2D eigenvalue weighted by atomic mass is 16.5. The summed E-state index contributed by atoms with van der Waals surface area (Å²) >= 11 is 0. The Bertz CT molecular complexity index is 856. The van der Waals surface area contributed by atoms with Crippen molar-refractivity contribution < 1.29 is 14.3 Å².